The van der Waals surface area contributed by atoms with E-state index in [9.17, 15) is 9.59 Å². The number of aromatic nitrogens is 1. The van der Waals surface area contributed by atoms with Crippen LogP contribution in [0.2, 0.25) is 0 Å². The van der Waals surface area contributed by atoms with Crippen LogP contribution in [0.5, 0.6) is 0 Å². The van der Waals surface area contributed by atoms with Gasteiger partial charge in [-0.25, -0.2) is 9.78 Å². The number of pyridine rings is 1. The number of hydrogen-bond acceptors (Lipinski definition) is 4. The predicted molar refractivity (Wildman–Crippen MR) is 62.5 cm³/mol. The van der Waals surface area contributed by atoms with Crippen LogP contribution >= 0.6 is 15.9 Å². The van der Waals surface area contributed by atoms with E-state index in [2.05, 4.69) is 26.2 Å². The molecule has 0 bridgehead atoms. The maximum absolute atomic E-state index is 11.7. The summed E-state index contributed by atoms with van der Waals surface area (Å²) in [5, 5.41) is 19.8. The lowest BCUT2D eigenvalue weighted by molar-refractivity contribution is -0.139. The molecule has 1 heterocycles. The van der Waals surface area contributed by atoms with Gasteiger partial charge < -0.3 is 15.5 Å². The molecule has 17 heavy (non-hydrogen) atoms. The van der Waals surface area contributed by atoms with Gasteiger partial charge in [-0.3, -0.25) is 4.79 Å². The molecule has 0 fully saturated rings. The second kappa shape index (κ2) is 6.31. The quantitative estimate of drug-likeness (QED) is 0.684. The Bertz CT molecular complexity index is 425. The molecule has 0 aromatic carbocycles. The predicted octanol–water partition coefficient (Wildman–Crippen LogP) is 0.409. The Hall–Kier alpha value is -1.47. The number of aliphatic hydroxyl groups is 1. The topological polar surface area (TPSA) is 99.5 Å². The van der Waals surface area contributed by atoms with Gasteiger partial charge in [-0.1, -0.05) is 0 Å². The third kappa shape index (κ3) is 3.79. The van der Waals surface area contributed by atoms with Crippen molar-refractivity contribution in [2.75, 3.05) is 6.61 Å². The average molecular weight is 303 g/mol. The lowest BCUT2D eigenvalue weighted by Crippen LogP contribution is -2.41. The lowest BCUT2D eigenvalue weighted by atomic mass is 10.2. The van der Waals surface area contributed by atoms with Crippen LogP contribution in [0, 0.1) is 0 Å². The Kier molecular flexibility index (Phi) is 5.05. The minimum atomic E-state index is -1.19. The SMILES string of the molecule is O=C(N[C@@H](CCO)C(=O)O)c1cccnc1Br. The van der Waals surface area contributed by atoms with Crippen molar-refractivity contribution >= 4 is 27.8 Å². The Morgan fingerprint density at radius 3 is 2.76 bits per heavy atom. The zero-order valence-electron chi connectivity index (χ0n) is 8.76. The van der Waals surface area contributed by atoms with Crippen molar-refractivity contribution in [1.29, 1.82) is 0 Å². The van der Waals surface area contributed by atoms with Crippen molar-refractivity contribution in [2.45, 2.75) is 12.5 Å². The largest absolute Gasteiger partial charge is 0.480 e. The fourth-order valence-corrected chi connectivity index (χ4v) is 1.61. The van der Waals surface area contributed by atoms with Crippen molar-refractivity contribution in [1.82, 2.24) is 10.3 Å². The number of nitrogens with one attached hydrogen (secondary N) is 1. The fraction of sp³-hybridized carbons (Fsp3) is 0.300. The second-order valence-electron chi connectivity index (χ2n) is 3.22. The molecule has 7 heteroatoms. The number of rotatable bonds is 5. The van der Waals surface area contributed by atoms with Gasteiger partial charge in [0.25, 0.3) is 5.91 Å². The Morgan fingerprint density at radius 1 is 1.53 bits per heavy atom. The summed E-state index contributed by atoms with van der Waals surface area (Å²) in [5.74, 6) is -1.74. The van der Waals surface area contributed by atoms with Crippen LogP contribution in [0.25, 0.3) is 0 Å². The number of hydrogen-bond donors (Lipinski definition) is 3. The van der Waals surface area contributed by atoms with Gasteiger partial charge in [0.2, 0.25) is 0 Å². The van der Waals surface area contributed by atoms with Crippen LogP contribution in [0.1, 0.15) is 16.8 Å². The molecule has 0 spiro atoms. The number of carbonyl (C=O) groups excluding carboxylic acids is 1. The number of carbonyl (C=O) groups is 2. The van der Waals surface area contributed by atoms with Gasteiger partial charge in [0.1, 0.15) is 10.6 Å². The second-order valence-corrected chi connectivity index (χ2v) is 3.97. The molecule has 0 saturated carbocycles. The van der Waals surface area contributed by atoms with Crippen LogP contribution in [0.4, 0.5) is 0 Å². The number of aliphatic carboxylic acids is 1. The number of carboxylic acid groups (broad SMARTS) is 1. The number of carboxylic acids is 1. The van der Waals surface area contributed by atoms with E-state index in [0.29, 0.717) is 4.60 Å². The van der Waals surface area contributed by atoms with Gasteiger partial charge in [0, 0.05) is 19.2 Å². The van der Waals surface area contributed by atoms with Gasteiger partial charge in [-0.2, -0.15) is 0 Å². The highest BCUT2D eigenvalue weighted by atomic mass is 79.9. The number of aliphatic hydroxyl groups excluding tert-OH is 1. The molecule has 0 radical (unpaired) electrons. The van der Waals surface area contributed by atoms with Crippen molar-refractivity contribution in [3.63, 3.8) is 0 Å². The molecule has 3 N–H and O–H groups in total. The van der Waals surface area contributed by atoms with Gasteiger partial charge in [0.05, 0.1) is 5.56 Å². The van der Waals surface area contributed by atoms with E-state index in [4.69, 9.17) is 10.2 Å². The monoisotopic (exact) mass is 302 g/mol. The van der Waals surface area contributed by atoms with Crippen LogP contribution in [-0.2, 0) is 4.79 Å². The third-order valence-electron chi connectivity index (χ3n) is 2.02. The maximum Gasteiger partial charge on any atom is 0.326 e. The van der Waals surface area contributed by atoms with E-state index in [1.807, 2.05) is 0 Å². The highest BCUT2D eigenvalue weighted by molar-refractivity contribution is 9.10. The smallest absolute Gasteiger partial charge is 0.326 e. The van der Waals surface area contributed by atoms with Crippen LogP contribution in [0.15, 0.2) is 22.9 Å². The normalized spacial score (nSPS) is 11.9. The molecule has 6 nitrogen and oxygen atoms in total. The number of halogens is 1. The summed E-state index contributed by atoms with van der Waals surface area (Å²) in [5.41, 5.74) is 0.247. The van der Waals surface area contributed by atoms with E-state index < -0.39 is 17.9 Å². The van der Waals surface area contributed by atoms with E-state index >= 15 is 0 Å². The van der Waals surface area contributed by atoms with Crippen molar-refractivity contribution in [3.8, 4) is 0 Å². The van der Waals surface area contributed by atoms with Gasteiger partial charge in [-0.15, -0.1) is 0 Å². The van der Waals surface area contributed by atoms with Crippen molar-refractivity contribution < 1.29 is 19.8 Å². The Balaban J connectivity index is 2.77. The highest BCUT2D eigenvalue weighted by Gasteiger charge is 2.21. The summed E-state index contributed by atoms with van der Waals surface area (Å²) in [6.45, 7) is -0.314. The molecule has 1 atom stereocenters. The first-order valence-electron chi connectivity index (χ1n) is 4.81. The highest BCUT2D eigenvalue weighted by Crippen LogP contribution is 2.12. The van der Waals surface area contributed by atoms with E-state index in [1.54, 1.807) is 6.07 Å². The molecule has 1 amide bonds. The average Bonchev–Trinajstić information content (AvgIpc) is 2.28. The van der Waals surface area contributed by atoms with Crippen molar-refractivity contribution in [2.24, 2.45) is 0 Å². The Morgan fingerprint density at radius 2 is 2.24 bits per heavy atom. The zero-order chi connectivity index (χ0) is 12.8. The Labute approximate surface area is 106 Å². The lowest BCUT2D eigenvalue weighted by Gasteiger charge is -2.13. The first kappa shape index (κ1) is 13.6. The molecule has 1 rings (SSSR count). The first-order valence-corrected chi connectivity index (χ1v) is 5.60. The van der Waals surface area contributed by atoms with Crippen LogP contribution in [-0.4, -0.2) is 39.7 Å². The molecule has 0 unspecified atom stereocenters. The van der Waals surface area contributed by atoms with Gasteiger partial charge in [0.15, 0.2) is 0 Å². The summed E-state index contributed by atoms with van der Waals surface area (Å²) < 4.78 is 0.339. The van der Waals surface area contributed by atoms with E-state index in [0.717, 1.165) is 0 Å². The summed E-state index contributed by atoms with van der Waals surface area (Å²) in [6, 6.07) is 1.98. The molecule has 0 aliphatic carbocycles. The molecule has 92 valence electrons. The minimum Gasteiger partial charge on any atom is -0.480 e. The maximum atomic E-state index is 11.7. The van der Waals surface area contributed by atoms with Crippen LogP contribution in [0.3, 0.4) is 0 Å². The summed E-state index contributed by atoms with van der Waals surface area (Å²) >= 11 is 3.09. The molecule has 0 saturated heterocycles. The van der Waals surface area contributed by atoms with Crippen molar-refractivity contribution in [3.05, 3.63) is 28.5 Å². The molecule has 0 aliphatic heterocycles. The third-order valence-corrected chi connectivity index (χ3v) is 2.66. The zero-order valence-corrected chi connectivity index (χ0v) is 10.3. The number of amides is 1. The molecular weight excluding hydrogens is 292 g/mol. The molecule has 0 aliphatic rings. The van der Waals surface area contributed by atoms with E-state index in [1.165, 1.54) is 12.3 Å². The first-order chi connectivity index (χ1) is 8.06. The van der Waals surface area contributed by atoms with Crippen LogP contribution < -0.4 is 5.32 Å². The minimum absolute atomic E-state index is 0.0427. The van der Waals surface area contributed by atoms with Gasteiger partial charge >= 0.3 is 5.97 Å². The number of nitrogens with zero attached hydrogens (tertiary/aromatic N) is 1. The van der Waals surface area contributed by atoms with Gasteiger partial charge in [-0.05, 0) is 28.1 Å². The molecule has 1 aromatic rings. The molecule has 1 aromatic heterocycles. The summed E-state index contributed by atoms with van der Waals surface area (Å²) in [6.07, 6.45) is 1.46. The molecular formula is C10H11BrN2O4. The van der Waals surface area contributed by atoms with E-state index in [-0.39, 0.29) is 18.6 Å². The fourth-order valence-electron chi connectivity index (χ4n) is 1.18. The standard InChI is InChI=1S/C10H11BrN2O4/c11-8-6(2-1-4-12-8)9(15)13-7(3-5-14)10(16)17/h1-2,4,7,14H,3,5H2,(H,13,15)(H,16,17)/t7-/m0/s1. The summed E-state index contributed by atoms with van der Waals surface area (Å²) in [7, 11) is 0. The summed E-state index contributed by atoms with van der Waals surface area (Å²) in [4.78, 5) is 26.4.